The number of piperidine rings is 1. The molecule has 2 aliphatic heterocycles. The summed E-state index contributed by atoms with van der Waals surface area (Å²) in [6.07, 6.45) is 2.12. The van der Waals surface area contributed by atoms with E-state index in [9.17, 15) is 9.59 Å². The second-order valence-corrected chi connectivity index (χ2v) is 8.76. The van der Waals surface area contributed by atoms with Crippen LogP contribution in [0.2, 0.25) is 0 Å². The normalized spacial score (nSPS) is 22.3. The maximum Gasteiger partial charge on any atom is 0.312 e. The summed E-state index contributed by atoms with van der Waals surface area (Å²) in [5.41, 5.74) is -0.343. The Labute approximate surface area is 158 Å². The van der Waals surface area contributed by atoms with E-state index in [-0.39, 0.29) is 23.4 Å². The van der Waals surface area contributed by atoms with Crippen molar-refractivity contribution >= 4 is 49.2 Å². The van der Waals surface area contributed by atoms with Crippen LogP contribution in [0.1, 0.15) is 28.9 Å². The third-order valence-corrected chi connectivity index (χ3v) is 6.69. The van der Waals surface area contributed by atoms with E-state index in [0.717, 1.165) is 40.5 Å². The second kappa shape index (κ2) is 6.70. The molecule has 1 atom stereocenters. The van der Waals surface area contributed by atoms with Crippen molar-refractivity contribution in [3.05, 3.63) is 33.6 Å². The SMILES string of the molecule is O=C(NCC1CC2(CCNCC2)C(=O)O1)c1cc2cc(Br)ccc2s1. The van der Waals surface area contributed by atoms with Crippen LogP contribution in [0.25, 0.3) is 10.1 Å². The van der Waals surface area contributed by atoms with Crippen LogP contribution < -0.4 is 10.6 Å². The summed E-state index contributed by atoms with van der Waals surface area (Å²) >= 11 is 4.92. The van der Waals surface area contributed by atoms with Crippen molar-refractivity contribution < 1.29 is 14.3 Å². The van der Waals surface area contributed by atoms with E-state index in [0.29, 0.717) is 17.8 Å². The lowest BCUT2D eigenvalue weighted by atomic mass is 9.76. The van der Waals surface area contributed by atoms with E-state index >= 15 is 0 Å². The molecule has 25 heavy (non-hydrogen) atoms. The molecule has 3 heterocycles. The predicted octanol–water partition coefficient (Wildman–Crippen LogP) is 3.08. The van der Waals surface area contributed by atoms with Crippen molar-refractivity contribution in [3.63, 3.8) is 0 Å². The van der Waals surface area contributed by atoms with Crippen molar-refractivity contribution in [1.82, 2.24) is 10.6 Å². The predicted molar refractivity (Wildman–Crippen MR) is 101 cm³/mol. The lowest BCUT2D eigenvalue weighted by molar-refractivity contribution is -0.149. The number of thiophene rings is 1. The Hall–Kier alpha value is -1.44. The van der Waals surface area contributed by atoms with Crippen molar-refractivity contribution in [1.29, 1.82) is 0 Å². The van der Waals surface area contributed by atoms with Crippen LogP contribution in [0.4, 0.5) is 0 Å². The van der Waals surface area contributed by atoms with Crippen LogP contribution >= 0.6 is 27.3 Å². The van der Waals surface area contributed by atoms with E-state index in [4.69, 9.17) is 4.74 Å². The number of esters is 1. The summed E-state index contributed by atoms with van der Waals surface area (Å²) in [6.45, 7) is 2.08. The number of nitrogens with one attached hydrogen (secondary N) is 2. The molecule has 5 nitrogen and oxygen atoms in total. The van der Waals surface area contributed by atoms with Crippen LogP contribution in [0.5, 0.6) is 0 Å². The number of benzene rings is 1. The molecule has 1 aromatic carbocycles. The van der Waals surface area contributed by atoms with Crippen LogP contribution in [-0.2, 0) is 9.53 Å². The molecule has 2 N–H and O–H groups in total. The molecule has 0 bridgehead atoms. The van der Waals surface area contributed by atoms with E-state index in [1.165, 1.54) is 11.3 Å². The van der Waals surface area contributed by atoms with Gasteiger partial charge in [-0.3, -0.25) is 9.59 Å². The minimum atomic E-state index is -0.343. The minimum absolute atomic E-state index is 0.0973. The van der Waals surface area contributed by atoms with Gasteiger partial charge in [0.1, 0.15) is 6.10 Å². The average Bonchev–Trinajstić information content (AvgIpc) is 3.15. The molecule has 2 fully saturated rings. The van der Waals surface area contributed by atoms with Crippen LogP contribution in [0, 0.1) is 5.41 Å². The fourth-order valence-corrected chi connectivity index (χ4v) is 5.02. The molecular formula is C18H19BrN2O3S. The lowest BCUT2D eigenvalue weighted by Gasteiger charge is -2.29. The Kier molecular flexibility index (Phi) is 4.56. The summed E-state index contributed by atoms with van der Waals surface area (Å²) < 4.78 is 7.60. The Bertz CT molecular complexity index is 829. The number of cyclic esters (lactones) is 1. The van der Waals surface area contributed by atoms with Crippen LogP contribution in [-0.4, -0.2) is 37.6 Å². The number of hydrogen-bond donors (Lipinski definition) is 2. The first kappa shape index (κ1) is 17.0. The van der Waals surface area contributed by atoms with Crippen molar-refractivity contribution in [3.8, 4) is 0 Å². The molecule has 1 spiro atoms. The highest BCUT2D eigenvalue weighted by Gasteiger charge is 2.49. The van der Waals surface area contributed by atoms with Crippen LogP contribution in [0.3, 0.4) is 0 Å². The summed E-state index contributed by atoms with van der Waals surface area (Å²) in [6, 6.07) is 7.87. The minimum Gasteiger partial charge on any atom is -0.460 e. The Morgan fingerprint density at radius 2 is 2.16 bits per heavy atom. The largest absolute Gasteiger partial charge is 0.460 e. The topological polar surface area (TPSA) is 67.4 Å². The Morgan fingerprint density at radius 3 is 2.96 bits per heavy atom. The Morgan fingerprint density at radius 1 is 1.36 bits per heavy atom. The fraction of sp³-hybridized carbons (Fsp3) is 0.444. The third-order valence-electron chi connectivity index (χ3n) is 5.08. The highest BCUT2D eigenvalue weighted by Crippen LogP contribution is 2.41. The molecule has 1 aromatic heterocycles. The van der Waals surface area contributed by atoms with E-state index in [1.54, 1.807) is 0 Å². The van der Waals surface area contributed by atoms with Gasteiger partial charge in [0.15, 0.2) is 0 Å². The number of carbonyl (C=O) groups excluding carboxylic acids is 2. The number of ether oxygens (including phenoxy) is 1. The zero-order valence-electron chi connectivity index (χ0n) is 13.6. The number of fused-ring (bicyclic) bond motifs is 1. The molecule has 1 unspecified atom stereocenters. The molecule has 1 amide bonds. The van der Waals surface area contributed by atoms with Gasteiger partial charge in [-0.25, -0.2) is 0 Å². The maximum atomic E-state index is 12.4. The van der Waals surface area contributed by atoms with E-state index in [1.807, 2.05) is 24.3 Å². The molecule has 2 aliphatic rings. The fourth-order valence-electron chi connectivity index (χ4n) is 3.68. The summed E-state index contributed by atoms with van der Waals surface area (Å²) in [5.74, 6) is -0.209. The van der Waals surface area contributed by atoms with Gasteiger partial charge < -0.3 is 15.4 Å². The zero-order chi connectivity index (χ0) is 17.4. The van der Waals surface area contributed by atoms with Gasteiger partial charge in [0.2, 0.25) is 0 Å². The summed E-state index contributed by atoms with van der Waals surface area (Å²) in [7, 11) is 0. The number of rotatable bonds is 3. The average molecular weight is 423 g/mol. The maximum absolute atomic E-state index is 12.4. The molecule has 2 aromatic rings. The van der Waals surface area contributed by atoms with Crippen molar-refractivity contribution in [2.24, 2.45) is 5.41 Å². The summed E-state index contributed by atoms with van der Waals surface area (Å²) in [5, 5.41) is 7.25. The van der Waals surface area contributed by atoms with Gasteiger partial charge in [0.25, 0.3) is 5.91 Å². The monoisotopic (exact) mass is 422 g/mol. The first-order chi connectivity index (χ1) is 12.1. The number of hydrogen-bond acceptors (Lipinski definition) is 5. The van der Waals surface area contributed by atoms with E-state index < -0.39 is 0 Å². The molecule has 2 saturated heterocycles. The van der Waals surface area contributed by atoms with Gasteiger partial charge in [-0.1, -0.05) is 15.9 Å². The highest BCUT2D eigenvalue weighted by atomic mass is 79.9. The third kappa shape index (κ3) is 3.32. The van der Waals surface area contributed by atoms with Gasteiger partial charge in [-0.2, -0.15) is 0 Å². The van der Waals surface area contributed by atoms with Gasteiger partial charge in [0.05, 0.1) is 16.8 Å². The molecular weight excluding hydrogens is 404 g/mol. The molecule has 4 rings (SSSR count). The van der Waals surface area contributed by atoms with Crippen LogP contribution in [0.15, 0.2) is 28.7 Å². The first-order valence-corrected chi connectivity index (χ1v) is 10.1. The van der Waals surface area contributed by atoms with Gasteiger partial charge >= 0.3 is 5.97 Å². The zero-order valence-corrected chi connectivity index (χ0v) is 16.0. The van der Waals surface area contributed by atoms with Crippen molar-refractivity contribution in [2.75, 3.05) is 19.6 Å². The van der Waals surface area contributed by atoms with E-state index in [2.05, 4.69) is 26.6 Å². The quantitative estimate of drug-likeness (QED) is 0.745. The van der Waals surface area contributed by atoms with Gasteiger partial charge in [-0.15, -0.1) is 11.3 Å². The smallest absolute Gasteiger partial charge is 0.312 e. The second-order valence-electron chi connectivity index (χ2n) is 6.76. The number of amides is 1. The Balaban J connectivity index is 1.39. The standard InChI is InChI=1S/C18H19BrN2O3S/c19-12-1-2-14-11(7-12)8-15(25-14)16(22)21-10-13-9-18(17(23)24-13)3-5-20-6-4-18/h1-2,7-8,13,20H,3-6,9-10H2,(H,21,22). The summed E-state index contributed by atoms with van der Waals surface area (Å²) in [4.78, 5) is 25.4. The lowest BCUT2D eigenvalue weighted by Crippen LogP contribution is -2.39. The number of carbonyl (C=O) groups is 2. The first-order valence-electron chi connectivity index (χ1n) is 8.45. The van der Waals surface area contributed by atoms with Crippen molar-refractivity contribution in [2.45, 2.75) is 25.4 Å². The molecule has 0 radical (unpaired) electrons. The molecule has 0 saturated carbocycles. The number of halogens is 1. The highest BCUT2D eigenvalue weighted by molar-refractivity contribution is 9.10. The molecule has 7 heteroatoms. The molecule has 0 aliphatic carbocycles. The van der Waals surface area contributed by atoms with Gasteiger partial charge in [-0.05, 0) is 55.6 Å². The van der Waals surface area contributed by atoms with Gasteiger partial charge in [0, 0.05) is 15.6 Å². The molecule has 132 valence electrons.